The van der Waals surface area contributed by atoms with Gasteiger partial charge >= 0.3 is 0 Å². The van der Waals surface area contributed by atoms with Crippen molar-refractivity contribution in [1.82, 2.24) is 5.32 Å². The Labute approximate surface area is 113 Å². The van der Waals surface area contributed by atoms with Crippen LogP contribution in [0.25, 0.3) is 0 Å². The fourth-order valence-electron chi connectivity index (χ4n) is 1.60. The Bertz CT molecular complexity index is 526. The highest BCUT2D eigenvalue weighted by Crippen LogP contribution is 2.11. The fourth-order valence-corrected chi connectivity index (χ4v) is 1.87. The lowest BCUT2D eigenvalue weighted by atomic mass is 10.2. The van der Waals surface area contributed by atoms with Gasteiger partial charge in [0.2, 0.25) is 0 Å². The second-order valence-electron chi connectivity index (χ2n) is 3.98. The molecule has 0 atom stereocenters. The van der Waals surface area contributed by atoms with Crippen molar-refractivity contribution in [1.29, 1.82) is 0 Å². The molecule has 0 radical (unpaired) electrons. The van der Waals surface area contributed by atoms with Gasteiger partial charge in [0, 0.05) is 17.6 Å². The number of rotatable bonds is 4. The van der Waals surface area contributed by atoms with Crippen LogP contribution >= 0.6 is 15.9 Å². The predicted molar refractivity (Wildman–Crippen MR) is 71.0 cm³/mol. The Morgan fingerprint density at radius 1 is 0.833 bits per heavy atom. The Balaban J connectivity index is 1.88. The lowest BCUT2D eigenvalue weighted by Gasteiger charge is -2.06. The summed E-state index contributed by atoms with van der Waals surface area (Å²) in [5.41, 5.74) is 1.87. The van der Waals surface area contributed by atoms with Crippen molar-refractivity contribution in [3.8, 4) is 0 Å². The first-order valence-electron chi connectivity index (χ1n) is 5.54. The van der Waals surface area contributed by atoms with Gasteiger partial charge in [0.25, 0.3) is 0 Å². The first kappa shape index (κ1) is 13.2. The molecule has 94 valence electrons. The zero-order chi connectivity index (χ0) is 13.0. The second-order valence-corrected chi connectivity index (χ2v) is 4.89. The highest BCUT2D eigenvalue weighted by Gasteiger charge is 2.02. The molecule has 0 amide bonds. The minimum atomic E-state index is -0.813. The van der Waals surface area contributed by atoms with Crippen LogP contribution in [0.1, 0.15) is 11.1 Å². The molecule has 0 heterocycles. The number of hydrogen-bond donors (Lipinski definition) is 1. The third-order valence-electron chi connectivity index (χ3n) is 2.56. The van der Waals surface area contributed by atoms with Crippen LogP contribution in [0.2, 0.25) is 0 Å². The molecule has 0 aliphatic carbocycles. The average Bonchev–Trinajstić information content (AvgIpc) is 2.36. The number of nitrogens with one attached hydrogen (secondary N) is 1. The topological polar surface area (TPSA) is 12.0 Å². The van der Waals surface area contributed by atoms with Crippen LogP contribution in [-0.4, -0.2) is 0 Å². The van der Waals surface area contributed by atoms with E-state index in [2.05, 4.69) is 21.2 Å². The second kappa shape index (κ2) is 6.07. The van der Waals surface area contributed by atoms with Crippen LogP contribution in [0, 0.1) is 11.6 Å². The molecule has 1 nitrogen and oxygen atoms in total. The minimum absolute atomic E-state index is 0.507. The zero-order valence-corrected chi connectivity index (χ0v) is 11.2. The van der Waals surface area contributed by atoms with Gasteiger partial charge < -0.3 is 5.32 Å². The van der Waals surface area contributed by atoms with E-state index in [1.807, 2.05) is 24.3 Å². The molecule has 2 aromatic carbocycles. The van der Waals surface area contributed by atoms with Gasteiger partial charge in [-0.2, -0.15) is 0 Å². The van der Waals surface area contributed by atoms with Gasteiger partial charge in [0.15, 0.2) is 11.6 Å². The van der Waals surface area contributed by atoms with Crippen molar-refractivity contribution in [2.24, 2.45) is 0 Å². The van der Waals surface area contributed by atoms with E-state index in [0.29, 0.717) is 13.1 Å². The first-order chi connectivity index (χ1) is 8.65. The molecule has 18 heavy (non-hydrogen) atoms. The summed E-state index contributed by atoms with van der Waals surface area (Å²) in [5, 5.41) is 3.18. The number of benzene rings is 2. The molecule has 0 aliphatic heterocycles. The quantitative estimate of drug-likeness (QED) is 0.899. The third-order valence-corrected chi connectivity index (χ3v) is 3.08. The van der Waals surface area contributed by atoms with Crippen LogP contribution in [0.4, 0.5) is 8.78 Å². The molecule has 0 unspecified atom stereocenters. The Morgan fingerprint density at radius 2 is 1.44 bits per heavy atom. The number of halogens is 3. The van der Waals surface area contributed by atoms with Crippen LogP contribution in [-0.2, 0) is 13.1 Å². The maximum Gasteiger partial charge on any atom is 0.159 e. The van der Waals surface area contributed by atoms with Crippen molar-refractivity contribution < 1.29 is 8.78 Å². The summed E-state index contributed by atoms with van der Waals surface area (Å²) in [4.78, 5) is 0. The molecule has 1 N–H and O–H groups in total. The van der Waals surface area contributed by atoms with Gasteiger partial charge in [0.1, 0.15) is 0 Å². The summed E-state index contributed by atoms with van der Waals surface area (Å²) in [6.45, 7) is 1.19. The van der Waals surface area contributed by atoms with E-state index in [9.17, 15) is 8.78 Å². The van der Waals surface area contributed by atoms with E-state index in [0.717, 1.165) is 21.7 Å². The van der Waals surface area contributed by atoms with Crippen LogP contribution in [0.3, 0.4) is 0 Å². The minimum Gasteiger partial charge on any atom is -0.309 e. The van der Waals surface area contributed by atoms with Crippen molar-refractivity contribution in [2.75, 3.05) is 0 Å². The van der Waals surface area contributed by atoms with Crippen molar-refractivity contribution in [2.45, 2.75) is 13.1 Å². The smallest absolute Gasteiger partial charge is 0.159 e. The van der Waals surface area contributed by atoms with E-state index in [4.69, 9.17) is 0 Å². The maximum absolute atomic E-state index is 13.0. The van der Waals surface area contributed by atoms with E-state index in [-0.39, 0.29) is 0 Å². The zero-order valence-electron chi connectivity index (χ0n) is 9.59. The van der Waals surface area contributed by atoms with Gasteiger partial charge in [0.05, 0.1) is 0 Å². The van der Waals surface area contributed by atoms with E-state index < -0.39 is 11.6 Å². The van der Waals surface area contributed by atoms with Gasteiger partial charge in [-0.1, -0.05) is 34.1 Å². The van der Waals surface area contributed by atoms with E-state index >= 15 is 0 Å². The summed E-state index contributed by atoms with van der Waals surface area (Å²) < 4.78 is 26.7. The molecule has 2 rings (SSSR count). The molecule has 4 heteroatoms. The summed E-state index contributed by atoms with van der Waals surface area (Å²) in [5.74, 6) is -1.62. The van der Waals surface area contributed by atoms with Crippen LogP contribution in [0.5, 0.6) is 0 Å². The maximum atomic E-state index is 13.0. The predicted octanol–water partition coefficient (Wildman–Crippen LogP) is 4.02. The summed E-state index contributed by atoms with van der Waals surface area (Å²) in [6.07, 6.45) is 0. The average molecular weight is 312 g/mol. The molecule has 0 fully saturated rings. The van der Waals surface area contributed by atoms with Gasteiger partial charge in [-0.25, -0.2) is 8.78 Å². The van der Waals surface area contributed by atoms with E-state index in [1.165, 1.54) is 6.07 Å². The van der Waals surface area contributed by atoms with Gasteiger partial charge in [-0.05, 0) is 35.4 Å². The van der Waals surface area contributed by atoms with Gasteiger partial charge in [-0.3, -0.25) is 0 Å². The normalized spacial score (nSPS) is 10.6. The molecule has 0 saturated heterocycles. The lowest BCUT2D eigenvalue weighted by Crippen LogP contribution is -2.12. The standard InChI is InChI=1S/C14H12BrF2N/c15-12-4-1-10(2-5-12)8-18-9-11-3-6-13(16)14(17)7-11/h1-7,18H,8-9H2. The Hall–Kier alpha value is -1.26. The molecule has 0 aromatic heterocycles. The highest BCUT2D eigenvalue weighted by molar-refractivity contribution is 9.10. The van der Waals surface area contributed by atoms with E-state index in [1.54, 1.807) is 6.07 Å². The van der Waals surface area contributed by atoms with Gasteiger partial charge in [-0.15, -0.1) is 0 Å². The first-order valence-corrected chi connectivity index (χ1v) is 6.33. The molecule has 2 aromatic rings. The molecule has 0 saturated carbocycles. The SMILES string of the molecule is Fc1ccc(CNCc2ccc(Br)cc2)cc1F. The van der Waals surface area contributed by atoms with Crippen LogP contribution in [0.15, 0.2) is 46.9 Å². The third kappa shape index (κ3) is 3.62. The Morgan fingerprint density at radius 3 is 2.11 bits per heavy atom. The summed E-state index contributed by atoms with van der Waals surface area (Å²) in [7, 11) is 0. The molecular weight excluding hydrogens is 300 g/mol. The van der Waals surface area contributed by atoms with Crippen molar-refractivity contribution in [3.63, 3.8) is 0 Å². The summed E-state index contributed by atoms with van der Waals surface area (Å²) in [6, 6.07) is 11.9. The number of hydrogen-bond acceptors (Lipinski definition) is 1. The molecule has 0 bridgehead atoms. The molecule has 0 spiro atoms. The monoisotopic (exact) mass is 311 g/mol. The molecular formula is C14H12BrF2N. The Kier molecular flexibility index (Phi) is 4.44. The summed E-state index contributed by atoms with van der Waals surface area (Å²) >= 11 is 3.37. The largest absolute Gasteiger partial charge is 0.309 e. The lowest BCUT2D eigenvalue weighted by molar-refractivity contribution is 0.506. The van der Waals surface area contributed by atoms with Crippen molar-refractivity contribution >= 4 is 15.9 Å². The molecule has 0 aliphatic rings. The van der Waals surface area contributed by atoms with Crippen LogP contribution < -0.4 is 5.32 Å². The van der Waals surface area contributed by atoms with Crippen molar-refractivity contribution in [3.05, 3.63) is 69.7 Å². The fraction of sp³-hybridized carbons (Fsp3) is 0.143. The highest BCUT2D eigenvalue weighted by atomic mass is 79.9.